The molecule has 44 heavy (non-hydrogen) atoms. The fraction of sp³-hybridized carbons (Fsp3) is 0.412. The quantitative estimate of drug-likeness (QED) is 0.276. The topological polar surface area (TPSA) is 73.8 Å². The summed E-state index contributed by atoms with van der Waals surface area (Å²) in [7, 11) is 0. The van der Waals surface area contributed by atoms with Crippen molar-refractivity contribution in [3.05, 3.63) is 60.6 Å². The fourth-order valence-electron chi connectivity index (χ4n) is 8.11. The molecule has 3 atom stereocenters. The Morgan fingerprint density at radius 1 is 1.16 bits per heavy atom. The summed E-state index contributed by atoms with van der Waals surface area (Å²) in [4.78, 5) is 13.4. The van der Waals surface area contributed by atoms with Crippen LogP contribution >= 0.6 is 0 Å². The number of phenols is 1. The molecule has 0 radical (unpaired) electrons. The summed E-state index contributed by atoms with van der Waals surface area (Å²) in [6.45, 7) is 5.85. The predicted molar refractivity (Wildman–Crippen MR) is 165 cm³/mol. The van der Waals surface area contributed by atoms with E-state index < -0.39 is 17.3 Å². The zero-order chi connectivity index (χ0) is 30.2. The summed E-state index contributed by atoms with van der Waals surface area (Å²) >= 11 is 0. The van der Waals surface area contributed by atoms with Crippen molar-refractivity contribution in [2.75, 3.05) is 37.7 Å². The summed E-state index contributed by atoms with van der Waals surface area (Å²) < 4.78 is 52.0. The number of phenolic OH excluding ortho intramolecular Hbond substituents is 1. The normalized spacial score (nSPS) is 26.0. The summed E-state index contributed by atoms with van der Waals surface area (Å²) in [5.41, 5.74) is 1.38. The van der Waals surface area contributed by atoms with Gasteiger partial charge in [0, 0.05) is 54.8 Å². The van der Waals surface area contributed by atoms with E-state index in [1.54, 1.807) is 18.3 Å². The third kappa shape index (κ3) is 4.49. The number of piperazine rings is 1. The van der Waals surface area contributed by atoms with Gasteiger partial charge < -0.3 is 20.1 Å². The third-order valence-electron chi connectivity index (χ3n) is 10.0. The average Bonchev–Trinajstić information content (AvgIpc) is 3.62. The minimum Gasteiger partial charge on any atom is -0.508 e. The Bertz CT molecular complexity index is 1800. The highest BCUT2D eigenvalue weighted by atomic mass is 19.3. The standard InChI is InChI=1S/C34H34F3N5O2/c1-2-20-5-3-6-21-11-24(43)12-25(29(20)21)31-30(35)32-26(14-38-31)27(41-15-22-7-8-23(16-41)39-22)13-28(40-32)44-19-33-9-4-10-42(33)18-34(36,37)17-33/h2-3,5-6,11-14,22-23,39,43H,1,4,7-10,15-19H2. The van der Waals surface area contributed by atoms with Gasteiger partial charge in [0.15, 0.2) is 5.82 Å². The molecule has 4 fully saturated rings. The molecule has 3 unspecified atom stereocenters. The number of anilines is 1. The highest BCUT2D eigenvalue weighted by molar-refractivity contribution is 6.04. The number of hydrogen-bond donors (Lipinski definition) is 2. The Morgan fingerprint density at radius 2 is 1.98 bits per heavy atom. The number of aromatic hydroxyl groups is 1. The molecule has 2 bridgehead atoms. The molecule has 2 aromatic carbocycles. The van der Waals surface area contributed by atoms with E-state index in [2.05, 4.69) is 26.8 Å². The van der Waals surface area contributed by atoms with Gasteiger partial charge in [-0.2, -0.15) is 0 Å². The smallest absolute Gasteiger partial charge is 0.262 e. The summed E-state index contributed by atoms with van der Waals surface area (Å²) in [5.74, 6) is -3.19. The fourth-order valence-corrected chi connectivity index (χ4v) is 8.11. The van der Waals surface area contributed by atoms with Crippen LogP contribution in [0, 0.1) is 5.82 Å². The zero-order valence-electron chi connectivity index (χ0n) is 24.3. The second-order valence-corrected chi connectivity index (χ2v) is 12.9. The van der Waals surface area contributed by atoms with Crippen LogP contribution in [0.5, 0.6) is 11.6 Å². The first kappa shape index (κ1) is 27.6. The van der Waals surface area contributed by atoms with Crippen LogP contribution in [0.4, 0.5) is 18.9 Å². The Hall–Kier alpha value is -3.89. The van der Waals surface area contributed by atoms with Crippen LogP contribution in [-0.4, -0.2) is 76.3 Å². The number of halogens is 3. The number of nitrogens with zero attached hydrogens (tertiary/aromatic N) is 4. The lowest BCUT2D eigenvalue weighted by Crippen LogP contribution is -2.51. The molecule has 4 saturated heterocycles. The van der Waals surface area contributed by atoms with E-state index in [1.165, 1.54) is 6.07 Å². The minimum absolute atomic E-state index is 0.00854. The van der Waals surface area contributed by atoms with Crippen LogP contribution in [-0.2, 0) is 0 Å². The van der Waals surface area contributed by atoms with Crippen LogP contribution in [0.1, 0.15) is 37.7 Å². The first-order valence-corrected chi connectivity index (χ1v) is 15.4. The molecule has 0 spiro atoms. The molecule has 0 amide bonds. The maximum atomic E-state index is 16.8. The number of aromatic nitrogens is 2. The van der Waals surface area contributed by atoms with Gasteiger partial charge in [0.2, 0.25) is 5.88 Å². The summed E-state index contributed by atoms with van der Waals surface area (Å²) in [6, 6.07) is 11.2. The summed E-state index contributed by atoms with van der Waals surface area (Å²) in [6.07, 6.45) is 6.71. The number of rotatable bonds is 6. The van der Waals surface area contributed by atoms with Crippen molar-refractivity contribution in [1.82, 2.24) is 20.2 Å². The van der Waals surface area contributed by atoms with Gasteiger partial charge in [-0.3, -0.25) is 9.88 Å². The molecule has 10 heteroatoms. The Labute approximate surface area is 253 Å². The highest BCUT2D eigenvalue weighted by Crippen LogP contribution is 2.46. The van der Waals surface area contributed by atoms with Crippen molar-refractivity contribution in [2.24, 2.45) is 0 Å². The molecule has 4 aromatic rings. The Kier molecular flexibility index (Phi) is 6.33. The molecular weight excluding hydrogens is 567 g/mol. The number of ether oxygens (including phenoxy) is 1. The Balaban J connectivity index is 1.26. The van der Waals surface area contributed by atoms with E-state index in [-0.39, 0.29) is 42.4 Å². The molecule has 2 N–H and O–H groups in total. The van der Waals surface area contributed by atoms with Gasteiger partial charge in [0.05, 0.1) is 17.8 Å². The van der Waals surface area contributed by atoms with Crippen molar-refractivity contribution in [1.29, 1.82) is 0 Å². The molecule has 228 valence electrons. The number of benzene rings is 2. The lowest BCUT2D eigenvalue weighted by atomic mass is 9.94. The first-order valence-electron chi connectivity index (χ1n) is 15.4. The van der Waals surface area contributed by atoms with Crippen molar-refractivity contribution < 1.29 is 23.0 Å². The average molecular weight is 602 g/mol. The lowest BCUT2D eigenvalue weighted by molar-refractivity contribution is 0.00812. The number of nitrogens with one attached hydrogen (secondary N) is 1. The van der Waals surface area contributed by atoms with Crippen LogP contribution in [0.15, 0.2) is 49.2 Å². The van der Waals surface area contributed by atoms with Gasteiger partial charge in [0.1, 0.15) is 23.6 Å². The van der Waals surface area contributed by atoms with Crippen molar-refractivity contribution in [3.63, 3.8) is 0 Å². The van der Waals surface area contributed by atoms with E-state index in [0.717, 1.165) is 54.4 Å². The van der Waals surface area contributed by atoms with E-state index in [0.29, 0.717) is 36.0 Å². The first-order chi connectivity index (χ1) is 21.2. The molecule has 7 nitrogen and oxygen atoms in total. The zero-order valence-corrected chi connectivity index (χ0v) is 24.3. The molecule has 0 aliphatic carbocycles. The monoisotopic (exact) mass is 601 g/mol. The van der Waals surface area contributed by atoms with E-state index in [4.69, 9.17) is 4.74 Å². The predicted octanol–water partition coefficient (Wildman–Crippen LogP) is 6.13. The van der Waals surface area contributed by atoms with Crippen molar-refractivity contribution in [2.45, 2.75) is 55.6 Å². The van der Waals surface area contributed by atoms with E-state index >= 15 is 4.39 Å². The van der Waals surface area contributed by atoms with Crippen molar-refractivity contribution >= 4 is 33.4 Å². The molecule has 6 heterocycles. The summed E-state index contributed by atoms with van der Waals surface area (Å²) in [5, 5.41) is 16.2. The number of hydrogen-bond acceptors (Lipinski definition) is 7. The van der Waals surface area contributed by atoms with Gasteiger partial charge in [-0.25, -0.2) is 18.2 Å². The van der Waals surface area contributed by atoms with Gasteiger partial charge in [-0.15, -0.1) is 0 Å². The van der Waals surface area contributed by atoms with Crippen molar-refractivity contribution in [3.8, 4) is 22.9 Å². The van der Waals surface area contributed by atoms with Crippen LogP contribution < -0.4 is 15.0 Å². The van der Waals surface area contributed by atoms with Gasteiger partial charge in [0.25, 0.3) is 5.92 Å². The molecule has 0 saturated carbocycles. The van der Waals surface area contributed by atoms with Gasteiger partial charge in [-0.05, 0) is 60.7 Å². The molecular formula is C34H34F3N5O2. The molecule has 4 aliphatic rings. The molecule has 4 aliphatic heterocycles. The number of alkyl halides is 2. The number of fused-ring (bicyclic) bond motifs is 5. The van der Waals surface area contributed by atoms with E-state index in [1.807, 2.05) is 29.2 Å². The SMILES string of the molecule is C=Cc1cccc2cc(O)cc(-c3ncc4c(N5CC6CCC(C5)N6)cc(OCC56CCCN5CC(F)(F)C6)nc4c3F)c12. The second kappa shape index (κ2) is 10.1. The Morgan fingerprint density at radius 3 is 2.77 bits per heavy atom. The minimum atomic E-state index is -2.76. The van der Waals surface area contributed by atoms with Crippen LogP contribution in [0.3, 0.4) is 0 Å². The van der Waals surface area contributed by atoms with Gasteiger partial charge >= 0.3 is 0 Å². The van der Waals surface area contributed by atoms with Crippen LogP contribution in [0.25, 0.3) is 39.0 Å². The second-order valence-electron chi connectivity index (χ2n) is 12.9. The van der Waals surface area contributed by atoms with Crippen LogP contribution in [0.2, 0.25) is 0 Å². The largest absolute Gasteiger partial charge is 0.508 e. The molecule has 2 aromatic heterocycles. The number of pyridine rings is 2. The lowest BCUT2D eigenvalue weighted by Gasteiger charge is -2.35. The maximum Gasteiger partial charge on any atom is 0.262 e. The van der Waals surface area contributed by atoms with E-state index in [9.17, 15) is 13.9 Å². The highest BCUT2D eigenvalue weighted by Gasteiger charge is 2.57. The maximum absolute atomic E-state index is 16.8. The molecule has 8 rings (SSSR count). The third-order valence-corrected chi connectivity index (χ3v) is 10.0. The van der Waals surface area contributed by atoms with Gasteiger partial charge in [-0.1, -0.05) is 30.9 Å².